The maximum absolute atomic E-state index is 12.7. The number of hydrogen-bond acceptors (Lipinski definition) is 2. The summed E-state index contributed by atoms with van der Waals surface area (Å²) >= 11 is 5.45. The molecule has 0 aromatic heterocycles. The molecular formula is C8H8ClF2NO. The van der Waals surface area contributed by atoms with Crippen LogP contribution in [0, 0.1) is 5.82 Å². The minimum absolute atomic E-state index is 0.0208. The second-order valence-electron chi connectivity index (χ2n) is 2.59. The fourth-order valence-electron chi connectivity index (χ4n) is 0.952. The molecular weight excluding hydrogens is 200 g/mol. The number of benzene rings is 1. The first-order valence-corrected chi connectivity index (χ1v) is 3.93. The zero-order valence-corrected chi connectivity index (χ0v) is 7.35. The molecule has 3 N–H and O–H groups in total. The van der Waals surface area contributed by atoms with Gasteiger partial charge in [-0.25, -0.2) is 8.78 Å². The van der Waals surface area contributed by atoms with E-state index in [9.17, 15) is 13.9 Å². The summed E-state index contributed by atoms with van der Waals surface area (Å²) in [6, 6.07) is 0.852. The van der Waals surface area contributed by atoms with Crippen LogP contribution in [-0.2, 0) is 0 Å². The molecule has 0 unspecified atom stereocenters. The number of phenolic OH excluding ortho intramolecular Hbond substituents is 1. The Bertz CT molecular complexity index is 319. The Morgan fingerprint density at radius 1 is 1.54 bits per heavy atom. The highest BCUT2D eigenvalue weighted by molar-refractivity contribution is 6.32. The van der Waals surface area contributed by atoms with Crippen molar-refractivity contribution in [2.45, 2.75) is 6.04 Å². The van der Waals surface area contributed by atoms with Crippen LogP contribution in [0.4, 0.5) is 8.78 Å². The van der Waals surface area contributed by atoms with E-state index >= 15 is 0 Å². The van der Waals surface area contributed by atoms with Gasteiger partial charge < -0.3 is 10.8 Å². The Morgan fingerprint density at radius 2 is 2.15 bits per heavy atom. The number of phenols is 1. The van der Waals surface area contributed by atoms with Gasteiger partial charge in [-0.2, -0.15) is 0 Å². The maximum Gasteiger partial charge on any atom is 0.139 e. The lowest BCUT2D eigenvalue weighted by atomic mass is 10.1. The lowest BCUT2D eigenvalue weighted by Crippen LogP contribution is -2.12. The Balaban J connectivity index is 3.20. The highest BCUT2D eigenvalue weighted by Crippen LogP contribution is 2.31. The lowest BCUT2D eigenvalue weighted by molar-refractivity contribution is 0.412. The van der Waals surface area contributed by atoms with Crippen molar-refractivity contribution in [1.82, 2.24) is 0 Å². The summed E-state index contributed by atoms with van der Waals surface area (Å²) in [7, 11) is 0. The van der Waals surface area contributed by atoms with Crippen molar-refractivity contribution in [3.05, 3.63) is 28.5 Å². The van der Waals surface area contributed by atoms with Gasteiger partial charge in [0, 0.05) is 5.56 Å². The first-order valence-electron chi connectivity index (χ1n) is 3.55. The Kier molecular flexibility index (Phi) is 3.06. The maximum atomic E-state index is 12.7. The van der Waals surface area contributed by atoms with Crippen molar-refractivity contribution in [3.8, 4) is 5.75 Å². The highest BCUT2D eigenvalue weighted by atomic mass is 35.5. The fourth-order valence-corrected chi connectivity index (χ4v) is 1.16. The standard InChI is InChI=1S/C8H8ClF2NO/c9-6-2-4(11)1-5(8(6)13)7(12)3-10/h1-2,7,13H,3,12H2/t7-/m1/s1. The number of hydrogen-bond donors (Lipinski definition) is 2. The fraction of sp³-hybridized carbons (Fsp3) is 0.250. The van der Waals surface area contributed by atoms with E-state index < -0.39 is 18.5 Å². The zero-order chi connectivity index (χ0) is 10.0. The van der Waals surface area contributed by atoms with Crippen molar-refractivity contribution >= 4 is 11.6 Å². The minimum atomic E-state index is -1.05. The van der Waals surface area contributed by atoms with Crippen LogP contribution >= 0.6 is 11.6 Å². The molecule has 0 heterocycles. The molecule has 1 aromatic carbocycles. The molecule has 0 aliphatic rings. The van der Waals surface area contributed by atoms with Crippen molar-refractivity contribution in [2.75, 3.05) is 6.67 Å². The highest BCUT2D eigenvalue weighted by Gasteiger charge is 2.14. The van der Waals surface area contributed by atoms with E-state index in [2.05, 4.69) is 0 Å². The van der Waals surface area contributed by atoms with Crippen molar-refractivity contribution in [1.29, 1.82) is 0 Å². The molecule has 1 rings (SSSR count). The third-order valence-corrected chi connectivity index (χ3v) is 1.91. The summed E-state index contributed by atoms with van der Waals surface area (Å²) in [6.45, 7) is -0.882. The Labute approximate surface area is 78.9 Å². The molecule has 0 fully saturated rings. The van der Waals surface area contributed by atoms with E-state index in [0.29, 0.717) is 0 Å². The molecule has 0 aliphatic carbocycles. The molecule has 0 saturated carbocycles. The van der Waals surface area contributed by atoms with Gasteiger partial charge >= 0.3 is 0 Å². The summed E-state index contributed by atoms with van der Waals surface area (Å²) in [4.78, 5) is 0. The second kappa shape index (κ2) is 3.89. The van der Waals surface area contributed by atoms with E-state index in [1.54, 1.807) is 0 Å². The van der Waals surface area contributed by atoms with Gasteiger partial charge in [0.1, 0.15) is 18.2 Å². The summed E-state index contributed by atoms with van der Waals surface area (Å²) in [6.07, 6.45) is 0. The number of rotatable bonds is 2. The van der Waals surface area contributed by atoms with E-state index in [1.807, 2.05) is 0 Å². The van der Waals surface area contributed by atoms with Crippen molar-refractivity contribution in [2.24, 2.45) is 5.73 Å². The average molecular weight is 208 g/mol. The van der Waals surface area contributed by atoms with Gasteiger partial charge in [0.05, 0.1) is 11.1 Å². The second-order valence-corrected chi connectivity index (χ2v) is 2.99. The molecule has 1 atom stereocenters. The molecule has 0 saturated heterocycles. The van der Waals surface area contributed by atoms with E-state index in [1.165, 1.54) is 0 Å². The van der Waals surface area contributed by atoms with Crippen molar-refractivity contribution in [3.63, 3.8) is 0 Å². The van der Waals surface area contributed by atoms with Crippen molar-refractivity contribution < 1.29 is 13.9 Å². The number of halogens is 3. The minimum Gasteiger partial charge on any atom is -0.506 e. The third kappa shape index (κ3) is 2.08. The van der Waals surface area contributed by atoms with E-state index in [-0.39, 0.29) is 16.3 Å². The van der Waals surface area contributed by atoms with Gasteiger partial charge in [0.15, 0.2) is 0 Å². The molecule has 0 amide bonds. The topological polar surface area (TPSA) is 46.2 Å². The third-order valence-electron chi connectivity index (χ3n) is 1.62. The van der Waals surface area contributed by atoms with E-state index in [0.717, 1.165) is 12.1 Å². The molecule has 1 aromatic rings. The number of nitrogens with two attached hydrogens (primary N) is 1. The van der Waals surface area contributed by atoms with Crippen LogP contribution < -0.4 is 5.73 Å². The quantitative estimate of drug-likeness (QED) is 0.781. The summed E-state index contributed by atoms with van der Waals surface area (Å²) < 4.78 is 24.8. The molecule has 0 radical (unpaired) electrons. The van der Waals surface area contributed by atoms with Crippen LogP contribution in [0.25, 0.3) is 0 Å². The summed E-state index contributed by atoms with van der Waals surface area (Å²) in [5, 5.41) is 9.11. The Hall–Kier alpha value is -0.870. The molecule has 13 heavy (non-hydrogen) atoms. The molecule has 2 nitrogen and oxygen atoms in total. The van der Waals surface area contributed by atoms with Crippen LogP contribution in [0.5, 0.6) is 5.75 Å². The largest absolute Gasteiger partial charge is 0.506 e. The first kappa shape index (κ1) is 10.2. The Morgan fingerprint density at radius 3 is 2.69 bits per heavy atom. The average Bonchev–Trinajstić information content (AvgIpc) is 2.10. The smallest absolute Gasteiger partial charge is 0.139 e. The van der Waals surface area contributed by atoms with Gasteiger partial charge in [-0.1, -0.05) is 11.6 Å². The molecule has 0 bridgehead atoms. The monoisotopic (exact) mass is 207 g/mol. The van der Waals surface area contributed by atoms with Crippen LogP contribution in [0.3, 0.4) is 0 Å². The molecule has 0 spiro atoms. The molecule has 0 aliphatic heterocycles. The number of alkyl halides is 1. The summed E-state index contributed by atoms with van der Waals surface area (Å²) in [5.74, 6) is -1.02. The lowest BCUT2D eigenvalue weighted by Gasteiger charge is -2.10. The predicted octanol–water partition coefficient (Wildman–Crippen LogP) is 2.15. The zero-order valence-electron chi connectivity index (χ0n) is 6.60. The predicted molar refractivity (Wildman–Crippen MR) is 46.0 cm³/mol. The van der Waals surface area contributed by atoms with Gasteiger partial charge in [-0.15, -0.1) is 0 Å². The number of aromatic hydroxyl groups is 1. The van der Waals surface area contributed by atoms with Gasteiger partial charge in [-0.3, -0.25) is 0 Å². The molecule has 72 valence electrons. The summed E-state index contributed by atoms with van der Waals surface area (Å²) in [5.41, 5.74) is 5.25. The van der Waals surface area contributed by atoms with Gasteiger partial charge in [0.2, 0.25) is 0 Å². The van der Waals surface area contributed by atoms with Gasteiger partial charge in [0.25, 0.3) is 0 Å². The molecule has 5 heteroatoms. The van der Waals surface area contributed by atoms with E-state index in [4.69, 9.17) is 17.3 Å². The van der Waals surface area contributed by atoms with Gasteiger partial charge in [-0.05, 0) is 12.1 Å². The van der Waals surface area contributed by atoms with Crippen LogP contribution in [-0.4, -0.2) is 11.8 Å². The normalized spacial score (nSPS) is 12.9. The van der Waals surface area contributed by atoms with Crippen LogP contribution in [0.15, 0.2) is 12.1 Å². The van der Waals surface area contributed by atoms with Crippen LogP contribution in [0.1, 0.15) is 11.6 Å². The first-order chi connectivity index (χ1) is 6.06. The van der Waals surface area contributed by atoms with Crippen LogP contribution in [0.2, 0.25) is 5.02 Å². The SMILES string of the molecule is N[C@H](CF)c1cc(F)cc(Cl)c1O.